The molecule has 7 nitrogen and oxygen atoms in total. The lowest BCUT2D eigenvalue weighted by Gasteiger charge is -2.06. The van der Waals surface area contributed by atoms with Crippen molar-refractivity contribution in [2.24, 2.45) is 10.9 Å². The highest BCUT2D eigenvalue weighted by atomic mass is 32.2. The van der Waals surface area contributed by atoms with Crippen molar-refractivity contribution in [1.29, 1.82) is 0 Å². The molecule has 1 aromatic carbocycles. The van der Waals surface area contributed by atoms with Gasteiger partial charge in [-0.15, -0.1) is 0 Å². The summed E-state index contributed by atoms with van der Waals surface area (Å²) in [7, 11) is -7.68. The first-order chi connectivity index (χ1) is 7.77. The third-order valence-electron chi connectivity index (χ3n) is 1.88. The van der Waals surface area contributed by atoms with E-state index in [0.717, 1.165) is 6.07 Å². The molecule has 0 amide bonds. The van der Waals surface area contributed by atoms with Crippen LogP contribution in [0.15, 0.2) is 34.1 Å². The number of nitrogens with two attached hydrogens (primary N) is 2. The summed E-state index contributed by atoms with van der Waals surface area (Å²) in [5.41, 5.74) is 5.17. The Labute approximate surface area is 99.9 Å². The number of primary sulfonamides is 1. The van der Waals surface area contributed by atoms with Gasteiger partial charge < -0.3 is 5.73 Å². The molecule has 0 spiro atoms. The van der Waals surface area contributed by atoms with Gasteiger partial charge in [-0.25, -0.2) is 26.7 Å². The van der Waals surface area contributed by atoms with Crippen molar-refractivity contribution in [2.45, 2.75) is 9.79 Å². The molecule has 0 aliphatic rings. The zero-order chi connectivity index (χ0) is 13.1. The summed E-state index contributed by atoms with van der Waals surface area (Å²) in [6, 6.07) is 4.79. The van der Waals surface area contributed by atoms with Crippen LogP contribution in [0.2, 0.25) is 0 Å². The quantitative estimate of drug-likeness (QED) is 0.608. The molecule has 0 radical (unpaired) electrons. The van der Waals surface area contributed by atoms with Gasteiger partial charge in [-0.2, -0.15) is 0 Å². The van der Waals surface area contributed by atoms with Gasteiger partial charge in [0.05, 0.1) is 9.79 Å². The van der Waals surface area contributed by atoms with Crippen molar-refractivity contribution < 1.29 is 16.8 Å². The molecule has 0 bridgehead atoms. The van der Waals surface area contributed by atoms with E-state index in [-0.39, 0.29) is 22.9 Å². The van der Waals surface area contributed by atoms with Gasteiger partial charge in [0.25, 0.3) is 0 Å². The second-order valence-corrected chi connectivity index (χ2v) is 6.53. The number of hydrogen-bond donors (Lipinski definition) is 3. The van der Waals surface area contributed by atoms with Crippen molar-refractivity contribution in [3.8, 4) is 0 Å². The van der Waals surface area contributed by atoms with Gasteiger partial charge in [-0.3, -0.25) is 0 Å². The zero-order valence-electron chi connectivity index (χ0n) is 8.83. The summed E-state index contributed by atoms with van der Waals surface area (Å²) >= 11 is 0. The van der Waals surface area contributed by atoms with Crippen LogP contribution in [-0.4, -0.2) is 29.9 Å². The van der Waals surface area contributed by atoms with E-state index in [4.69, 9.17) is 10.9 Å². The predicted molar refractivity (Wildman–Crippen MR) is 62.1 cm³/mol. The van der Waals surface area contributed by atoms with Crippen LogP contribution < -0.4 is 15.6 Å². The number of benzene rings is 1. The summed E-state index contributed by atoms with van der Waals surface area (Å²) in [6.07, 6.45) is 0. The minimum Gasteiger partial charge on any atom is -0.329 e. The first kappa shape index (κ1) is 14.1. The molecule has 5 N–H and O–H groups in total. The zero-order valence-corrected chi connectivity index (χ0v) is 10.5. The number of sulfonamides is 2. The first-order valence-corrected chi connectivity index (χ1v) is 7.63. The van der Waals surface area contributed by atoms with E-state index in [1.165, 1.54) is 18.2 Å². The average Bonchev–Trinajstić information content (AvgIpc) is 2.25. The Morgan fingerprint density at radius 3 is 2.24 bits per heavy atom. The Morgan fingerprint density at radius 2 is 1.71 bits per heavy atom. The smallest absolute Gasteiger partial charge is 0.240 e. The summed E-state index contributed by atoms with van der Waals surface area (Å²) in [5.74, 6) is 0. The Morgan fingerprint density at radius 1 is 1.12 bits per heavy atom. The Hall–Kier alpha value is -1.00. The molecule has 0 aromatic heterocycles. The van der Waals surface area contributed by atoms with E-state index in [1.54, 1.807) is 0 Å². The van der Waals surface area contributed by atoms with Crippen LogP contribution in [0, 0.1) is 0 Å². The fourth-order valence-electron chi connectivity index (χ4n) is 1.09. The molecule has 9 heteroatoms. The van der Waals surface area contributed by atoms with Crippen LogP contribution in [0.25, 0.3) is 0 Å². The highest BCUT2D eigenvalue weighted by Crippen LogP contribution is 2.14. The van der Waals surface area contributed by atoms with E-state index in [0.29, 0.717) is 0 Å². The van der Waals surface area contributed by atoms with Crippen LogP contribution >= 0.6 is 0 Å². The molecule has 0 fully saturated rings. The van der Waals surface area contributed by atoms with Gasteiger partial charge in [-0.05, 0) is 18.2 Å². The van der Waals surface area contributed by atoms with Crippen molar-refractivity contribution in [2.75, 3.05) is 13.1 Å². The summed E-state index contributed by atoms with van der Waals surface area (Å²) < 4.78 is 47.7. The standard InChI is InChI=1S/C8H13N3O4S2/c9-4-5-11-17(14,15)8-3-1-2-7(6-8)16(10,12)13/h1-3,6,11H,4-5,9H2,(H2,10,12,13). The lowest BCUT2D eigenvalue weighted by atomic mass is 10.4. The highest BCUT2D eigenvalue weighted by Gasteiger charge is 2.16. The fraction of sp³-hybridized carbons (Fsp3) is 0.250. The second kappa shape index (κ2) is 5.10. The molecular weight excluding hydrogens is 266 g/mol. The van der Waals surface area contributed by atoms with Gasteiger partial charge >= 0.3 is 0 Å². The summed E-state index contributed by atoms with van der Waals surface area (Å²) in [6.45, 7) is 0.218. The fourth-order valence-corrected chi connectivity index (χ4v) is 2.82. The maximum absolute atomic E-state index is 11.7. The first-order valence-electron chi connectivity index (χ1n) is 4.60. The van der Waals surface area contributed by atoms with E-state index < -0.39 is 20.0 Å². The molecule has 17 heavy (non-hydrogen) atoms. The molecule has 1 aromatic rings. The molecule has 0 atom stereocenters. The third-order valence-corrected chi connectivity index (χ3v) is 4.25. The lowest BCUT2D eigenvalue weighted by Crippen LogP contribution is -2.29. The molecule has 0 unspecified atom stereocenters. The van der Waals surface area contributed by atoms with Crippen molar-refractivity contribution in [3.05, 3.63) is 24.3 Å². The van der Waals surface area contributed by atoms with Gasteiger partial charge in [0, 0.05) is 13.1 Å². The van der Waals surface area contributed by atoms with E-state index in [2.05, 4.69) is 4.72 Å². The molecular formula is C8H13N3O4S2. The normalized spacial score (nSPS) is 12.6. The Balaban J connectivity index is 3.17. The van der Waals surface area contributed by atoms with Gasteiger partial charge in [-0.1, -0.05) is 6.07 Å². The maximum atomic E-state index is 11.7. The molecule has 0 aliphatic heterocycles. The van der Waals surface area contributed by atoms with Crippen LogP contribution in [0.3, 0.4) is 0 Å². The molecule has 0 aliphatic carbocycles. The van der Waals surface area contributed by atoms with Crippen LogP contribution in [0.5, 0.6) is 0 Å². The van der Waals surface area contributed by atoms with Crippen LogP contribution in [0.4, 0.5) is 0 Å². The van der Waals surface area contributed by atoms with Crippen molar-refractivity contribution >= 4 is 20.0 Å². The minimum atomic E-state index is -3.92. The minimum absolute atomic E-state index is 0.0714. The lowest BCUT2D eigenvalue weighted by molar-refractivity contribution is 0.582. The van der Waals surface area contributed by atoms with E-state index in [9.17, 15) is 16.8 Å². The topological polar surface area (TPSA) is 132 Å². The Bertz CT molecular complexity index is 595. The molecule has 96 valence electrons. The molecule has 0 saturated heterocycles. The van der Waals surface area contributed by atoms with Gasteiger partial charge in [0.1, 0.15) is 0 Å². The number of rotatable bonds is 5. The predicted octanol–water partition coefficient (Wildman–Crippen LogP) is -1.43. The maximum Gasteiger partial charge on any atom is 0.240 e. The second-order valence-electron chi connectivity index (χ2n) is 3.21. The largest absolute Gasteiger partial charge is 0.329 e. The molecule has 1 rings (SSSR count). The van der Waals surface area contributed by atoms with Crippen LogP contribution in [0.1, 0.15) is 0 Å². The summed E-state index contributed by atoms with van der Waals surface area (Å²) in [4.78, 5) is -0.425. The number of nitrogens with one attached hydrogen (secondary N) is 1. The Kier molecular flexibility index (Phi) is 4.22. The van der Waals surface area contributed by atoms with E-state index in [1.807, 2.05) is 0 Å². The van der Waals surface area contributed by atoms with Crippen molar-refractivity contribution in [3.63, 3.8) is 0 Å². The van der Waals surface area contributed by atoms with Gasteiger partial charge in [0.15, 0.2) is 0 Å². The highest BCUT2D eigenvalue weighted by molar-refractivity contribution is 7.90. The molecule has 0 saturated carbocycles. The van der Waals surface area contributed by atoms with E-state index >= 15 is 0 Å². The van der Waals surface area contributed by atoms with Gasteiger partial charge in [0.2, 0.25) is 20.0 Å². The molecule has 0 heterocycles. The number of hydrogen-bond acceptors (Lipinski definition) is 5. The SMILES string of the molecule is NCCNS(=O)(=O)c1cccc(S(N)(=O)=O)c1. The van der Waals surface area contributed by atoms with Crippen LogP contribution in [-0.2, 0) is 20.0 Å². The summed E-state index contributed by atoms with van der Waals surface area (Å²) in [5, 5.41) is 4.91. The monoisotopic (exact) mass is 279 g/mol. The van der Waals surface area contributed by atoms with Crippen molar-refractivity contribution in [1.82, 2.24) is 4.72 Å². The average molecular weight is 279 g/mol. The third kappa shape index (κ3) is 3.75.